The van der Waals surface area contributed by atoms with Crippen LogP contribution in [0.25, 0.3) is 10.8 Å². The van der Waals surface area contributed by atoms with Crippen molar-refractivity contribution in [1.29, 1.82) is 0 Å². The van der Waals surface area contributed by atoms with E-state index in [0.717, 1.165) is 12.1 Å². The molecule has 8 heteroatoms. The van der Waals surface area contributed by atoms with Gasteiger partial charge in [-0.3, -0.25) is 14.1 Å². The molecule has 0 unspecified atom stereocenters. The summed E-state index contributed by atoms with van der Waals surface area (Å²) in [5.41, 5.74) is 0.226. The Kier molecular flexibility index (Phi) is 4.16. The van der Waals surface area contributed by atoms with Crippen molar-refractivity contribution in [2.45, 2.75) is 18.2 Å². The lowest BCUT2D eigenvalue weighted by Gasteiger charge is -2.10. The van der Waals surface area contributed by atoms with Crippen molar-refractivity contribution in [2.75, 3.05) is 5.32 Å². The Morgan fingerprint density at radius 3 is 2.45 bits per heavy atom. The summed E-state index contributed by atoms with van der Waals surface area (Å²) in [6.45, 7) is 1.27. The van der Waals surface area contributed by atoms with Crippen molar-refractivity contribution < 1.29 is 27.7 Å². The van der Waals surface area contributed by atoms with Crippen LogP contribution in [0.15, 0.2) is 35.2 Å². The Morgan fingerprint density at radius 2 is 1.86 bits per heavy atom. The monoisotopic (exact) mass is 323 g/mol. The fourth-order valence-electron chi connectivity index (χ4n) is 2.02. The number of ketones is 1. The van der Waals surface area contributed by atoms with Gasteiger partial charge in [0.2, 0.25) is 5.91 Å². The number of fused-ring (bicyclic) bond motifs is 1. The van der Waals surface area contributed by atoms with Crippen LogP contribution in [0.3, 0.4) is 0 Å². The van der Waals surface area contributed by atoms with E-state index in [4.69, 9.17) is 4.55 Å². The second-order valence-electron chi connectivity index (χ2n) is 4.75. The zero-order valence-corrected chi connectivity index (χ0v) is 12.3. The molecule has 0 aliphatic rings. The number of phenols is 1. The first-order chi connectivity index (χ1) is 10.2. The molecule has 22 heavy (non-hydrogen) atoms. The molecular formula is C14H13NO6S. The lowest BCUT2D eigenvalue weighted by atomic mass is 10.1. The minimum absolute atomic E-state index is 0.226. The molecule has 116 valence electrons. The second-order valence-corrected chi connectivity index (χ2v) is 6.17. The van der Waals surface area contributed by atoms with Crippen LogP contribution in [-0.4, -0.2) is 29.8 Å². The fraction of sp³-hybridized carbons (Fsp3) is 0.143. The summed E-state index contributed by atoms with van der Waals surface area (Å²) in [5, 5.41) is 12.9. The molecule has 0 aromatic heterocycles. The number of anilines is 1. The molecule has 0 atom stereocenters. The number of carbonyl (C=O) groups is 2. The summed E-state index contributed by atoms with van der Waals surface area (Å²) in [5.74, 6) is -1.23. The zero-order valence-electron chi connectivity index (χ0n) is 11.5. The number of aromatic hydroxyl groups is 1. The number of Topliss-reactive ketones (excluding diaryl/α,β-unsaturated/α-hetero) is 1. The van der Waals surface area contributed by atoms with Gasteiger partial charge in [0.15, 0.2) is 0 Å². The molecule has 0 fully saturated rings. The number of carbonyl (C=O) groups excluding carboxylic acids is 2. The minimum atomic E-state index is -4.51. The summed E-state index contributed by atoms with van der Waals surface area (Å²) in [6, 6.07) is 6.62. The number of rotatable bonds is 4. The molecule has 0 radical (unpaired) electrons. The molecule has 7 nitrogen and oxygen atoms in total. The third-order valence-corrected chi connectivity index (χ3v) is 3.76. The predicted molar refractivity (Wildman–Crippen MR) is 79.4 cm³/mol. The van der Waals surface area contributed by atoms with Crippen LogP contribution in [0.2, 0.25) is 0 Å². The Balaban J connectivity index is 2.58. The van der Waals surface area contributed by atoms with Gasteiger partial charge in [0.25, 0.3) is 10.1 Å². The van der Waals surface area contributed by atoms with E-state index in [9.17, 15) is 23.1 Å². The van der Waals surface area contributed by atoms with Crippen molar-refractivity contribution >= 4 is 38.3 Å². The third kappa shape index (κ3) is 3.41. The second kappa shape index (κ2) is 5.74. The first-order valence-electron chi connectivity index (χ1n) is 6.21. The molecule has 3 N–H and O–H groups in total. The standard InChI is InChI=1S/C14H13NO6S/c1-8(16)5-14(18)15-12-4-2-3-10-11(12)6-9(7-13(10)17)22(19,20)21/h2-4,6-7,17H,5H2,1H3,(H,15,18)(H,19,20,21). The van der Waals surface area contributed by atoms with Gasteiger partial charge in [0, 0.05) is 22.5 Å². The lowest BCUT2D eigenvalue weighted by molar-refractivity contribution is -0.124. The highest BCUT2D eigenvalue weighted by Gasteiger charge is 2.16. The first-order valence-corrected chi connectivity index (χ1v) is 7.65. The number of hydrogen-bond acceptors (Lipinski definition) is 5. The van der Waals surface area contributed by atoms with Gasteiger partial charge in [0.1, 0.15) is 11.5 Å². The van der Waals surface area contributed by atoms with Crippen molar-refractivity contribution in [3.05, 3.63) is 30.3 Å². The largest absolute Gasteiger partial charge is 0.507 e. The summed E-state index contributed by atoms with van der Waals surface area (Å²) in [6.07, 6.45) is -0.319. The van der Waals surface area contributed by atoms with Crippen molar-refractivity contribution in [1.82, 2.24) is 0 Å². The Bertz CT molecular complexity index is 872. The quantitative estimate of drug-likeness (QED) is 0.582. The number of phenolic OH excluding ortho intramolecular Hbond substituents is 1. The molecule has 1 amide bonds. The van der Waals surface area contributed by atoms with Gasteiger partial charge < -0.3 is 10.4 Å². The Morgan fingerprint density at radius 1 is 1.18 bits per heavy atom. The highest BCUT2D eigenvalue weighted by atomic mass is 32.2. The van der Waals surface area contributed by atoms with Gasteiger partial charge in [0.05, 0.1) is 11.3 Å². The average Bonchev–Trinajstić information content (AvgIpc) is 2.37. The highest BCUT2D eigenvalue weighted by Crippen LogP contribution is 2.33. The number of nitrogens with one attached hydrogen (secondary N) is 1. The van der Waals surface area contributed by atoms with Crippen molar-refractivity contribution in [3.8, 4) is 5.75 Å². The van der Waals surface area contributed by atoms with Crippen molar-refractivity contribution in [3.63, 3.8) is 0 Å². The van der Waals surface area contributed by atoms with E-state index >= 15 is 0 Å². The van der Waals surface area contributed by atoms with Gasteiger partial charge in [-0.05, 0) is 19.1 Å². The van der Waals surface area contributed by atoms with Gasteiger partial charge in [-0.1, -0.05) is 12.1 Å². The summed E-state index contributed by atoms with van der Waals surface area (Å²) in [7, 11) is -4.51. The predicted octanol–water partition coefficient (Wildman–Crippen LogP) is 1.71. The maximum atomic E-state index is 11.7. The molecule has 2 rings (SSSR count). The van der Waals surface area contributed by atoms with Gasteiger partial charge in [-0.2, -0.15) is 8.42 Å². The maximum absolute atomic E-state index is 11.7. The molecule has 0 spiro atoms. The topological polar surface area (TPSA) is 121 Å². The molecule has 2 aromatic rings. The molecule has 0 heterocycles. The summed E-state index contributed by atoms with van der Waals surface area (Å²) < 4.78 is 31.5. The van der Waals surface area contributed by atoms with E-state index in [2.05, 4.69) is 5.32 Å². The van der Waals surface area contributed by atoms with Crippen LogP contribution < -0.4 is 5.32 Å². The summed E-state index contributed by atoms with van der Waals surface area (Å²) in [4.78, 5) is 22.1. The van der Waals surface area contributed by atoms with E-state index < -0.39 is 20.9 Å². The molecule has 0 aliphatic carbocycles. The SMILES string of the molecule is CC(=O)CC(=O)Nc1cccc2c(O)cc(S(=O)(=O)O)cc12. The van der Waals surface area contributed by atoms with Crippen LogP contribution in [0.5, 0.6) is 5.75 Å². The Labute approximate surface area is 126 Å². The minimum Gasteiger partial charge on any atom is -0.507 e. The van der Waals surface area contributed by atoms with Crippen LogP contribution in [-0.2, 0) is 19.7 Å². The smallest absolute Gasteiger partial charge is 0.294 e. The van der Waals surface area contributed by atoms with Crippen molar-refractivity contribution in [2.24, 2.45) is 0 Å². The van der Waals surface area contributed by atoms with Gasteiger partial charge >= 0.3 is 0 Å². The van der Waals surface area contributed by atoms with Gasteiger partial charge in [-0.25, -0.2) is 0 Å². The molecule has 0 saturated heterocycles. The Hall–Kier alpha value is -2.45. The highest BCUT2D eigenvalue weighted by molar-refractivity contribution is 7.85. The van der Waals surface area contributed by atoms with E-state index in [1.54, 1.807) is 6.07 Å². The first kappa shape index (κ1) is 15.9. The average molecular weight is 323 g/mol. The number of amides is 1. The van der Waals surface area contributed by atoms with Crippen LogP contribution in [0.4, 0.5) is 5.69 Å². The van der Waals surface area contributed by atoms with Crippen LogP contribution >= 0.6 is 0 Å². The zero-order chi connectivity index (χ0) is 16.5. The van der Waals surface area contributed by atoms with E-state index in [1.165, 1.54) is 19.1 Å². The molecule has 0 aliphatic heterocycles. The van der Waals surface area contributed by atoms with Crippen LogP contribution in [0.1, 0.15) is 13.3 Å². The summed E-state index contributed by atoms with van der Waals surface area (Å²) >= 11 is 0. The van der Waals surface area contributed by atoms with E-state index in [-0.39, 0.29) is 29.0 Å². The molecular weight excluding hydrogens is 310 g/mol. The van der Waals surface area contributed by atoms with Crippen LogP contribution in [0, 0.1) is 0 Å². The number of hydrogen-bond donors (Lipinski definition) is 3. The fourth-order valence-corrected chi connectivity index (χ4v) is 2.55. The molecule has 0 bridgehead atoms. The van der Waals surface area contributed by atoms with E-state index in [1.807, 2.05) is 0 Å². The van der Waals surface area contributed by atoms with E-state index in [0.29, 0.717) is 5.39 Å². The normalized spacial score (nSPS) is 11.4. The molecule has 0 saturated carbocycles. The third-order valence-electron chi connectivity index (χ3n) is 2.93. The lowest BCUT2D eigenvalue weighted by Crippen LogP contribution is -2.15. The maximum Gasteiger partial charge on any atom is 0.294 e. The number of benzene rings is 2. The van der Waals surface area contributed by atoms with Gasteiger partial charge in [-0.15, -0.1) is 0 Å². The molecule has 2 aromatic carbocycles.